The number of aliphatic hydroxyl groups excluding tert-OH is 1. The van der Waals surface area contributed by atoms with Crippen LogP contribution in [0.25, 0.3) is 22.3 Å². The van der Waals surface area contributed by atoms with Gasteiger partial charge in [-0.2, -0.15) is 26.3 Å². The van der Waals surface area contributed by atoms with Gasteiger partial charge >= 0.3 is 18.3 Å². The van der Waals surface area contributed by atoms with E-state index in [-0.39, 0.29) is 30.2 Å². The predicted molar refractivity (Wildman–Crippen MR) is 107 cm³/mol. The number of carboxylic acid groups (broad SMARTS) is 1. The summed E-state index contributed by atoms with van der Waals surface area (Å²) in [6.45, 7) is 1.08. The summed E-state index contributed by atoms with van der Waals surface area (Å²) >= 11 is 0. The Balaban J connectivity index is 0.000000364. The van der Waals surface area contributed by atoms with Gasteiger partial charge in [-0.3, -0.25) is 0 Å². The van der Waals surface area contributed by atoms with Crippen LogP contribution in [-0.2, 0) is 11.2 Å². The molecule has 0 aromatic carbocycles. The Labute approximate surface area is 192 Å². The second-order valence-corrected chi connectivity index (χ2v) is 8.31. The lowest BCUT2D eigenvalue weighted by molar-refractivity contribution is -0.192. The van der Waals surface area contributed by atoms with Crippen LogP contribution < -0.4 is 5.73 Å². The molecule has 35 heavy (non-hydrogen) atoms. The minimum atomic E-state index is -5.08. The van der Waals surface area contributed by atoms with E-state index in [4.69, 9.17) is 20.2 Å². The highest BCUT2D eigenvalue weighted by molar-refractivity contribution is 6.02. The molecule has 3 aromatic rings. The molecule has 3 heterocycles. The van der Waals surface area contributed by atoms with Crippen molar-refractivity contribution in [1.82, 2.24) is 19.7 Å². The fourth-order valence-electron chi connectivity index (χ4n) is 4.14. The molecule has 1 saturated carbocycles. The van der Waals surface area contributed by atoms with Crippen LogP contribution in [-0.4, -0.2) is 48.2 Å². The van der Waals surface area contributed by atoms with E-state index < -0.39 is 30.5 Å². The number of carbonyl (C=O) groups is 1. The lowest BCUT2D eigenvalue weighted by Crippen LogP contribution is -2.25. The van der Waals surface area contributed by atoms with Crippen molar-refractivity contribution in [3.63, 3.8) is 0 Å². The van der Waals surface area contributed by atoms with Crippen LogP contribution in [0.3, 0.4) is 0 Å². The van der Waals surface area contributed by atoms with Crippen molar-refractivity contribution < 1.29 is 45.9 Å². The van der Waals surface area contributed by atoms with Crippen LogP contribution in [0.15, 0.2) is 10.9 Å². The number of anilines is 1. The summed E-state index contributed by atoms with van der Waals surface area (Å²) in [7, 11) is 0. The van der Waals surface area contributed by atoms with Crippen molar-refractivity contribution in [2.45, 2.75) is 63.0 Å². The molecule has 2 atom stereocenters. The van der Waals surface area contributed by atoms with Gasteiger partial charge in [0.2, 0.25) is 0 Å². The SMILES string of the molecule is C[C@@H](n1c2c(c3c(N)ncnc31)-c1noc(C3CC3)c1[C@H](O)CC2)C(F)(F)F.O=C(O)C(F)(F)F. The maximum atomic E-state index is 13.6. The zero-order valence-corrected chi connectivity index (χ0v) is 18.0. The number of aliphatic carboxylic acids is 1. The summed E-state index contributed by atoms with van der Waals surface area (Å²) in [4.78, 5) is 17.0. The van der Waals surface area contributed by atoms with Gasteiger partial charge in [0, 0.05) is 17.2 Å². The third-order valence-corrected chi connectivity index (χ3v) is 5.95. The van der Waals surface area contributed by atoms with Crippen LogP contribution in [0.1, 0.15) is 61.3 Å². The smallest absolute Gasteiger partial charge is 0.475 e. The lowest BCUT2D eigenvalue weighted by Gasteiger charge is -2.21. The van der Waals surface area contributed by atoms with Crippen molar-refractivity contribution in [3.8, 4) is 11.3 Å². The normalized spacial score (nSPS) is 18.8. The Kier molecular flexibility index (Phi) is 5.93. The number of nitrogens with two attached hydrogens (primary N) is 1. The molecule has 3 aromatic heterocycles. The second kappa shape index (κ2) is 8.39. The van der Waals surface area contributed by atoms with Gasteiger partial charge in [0.15, 0.2) is 0 Å². The highest BCUT2D eigenvalue weighted by atomic mass is 19.4. The van der Waals surface area contributed by atoms with Crippen LogP contribution in [0.5, 0.6) is 0 Å². The molecular formula is C20H19F6N5O4. The number of hydrogen-bond donors (Lipinski definition) is 3. The third-order valence-electron chi connectivity index (χ3n) is 5.95. The number of nitrogen functional groups attached to an aromatic ring is 1. The first-order valence-corrected chi connectivity index (χ1v) is 10.4. The zero-order valence-electron chi connectivity index (χ0n) is 18.0. The highest BCUT2D eigenvalue weighted by Gasteiger charge is 2.43. The van der Waals surface area contributed by atoms with Crippen LogP contribution >= 0.6 is 0 Å². The van der Waals surface area contributed by atoms with Gasteiger partial charge in [-0.1, -0.05) is 5.16 Å². The Bertz CT molecular complexity index is 1280. The highest BCUT2D eigenvalue weighted by Crippen LogP contribution is 2.51. The number of nitrogens with zero attached hydrogens (tertiary/aromatic N) is 4. The van der Waals surface area contributed by atoms with Gasteiger partial charge < -0.3 is 25.0 Å². The lowest BCUT2D eigenvalue weighted by atomic mass is 10.0. The topological polar surface area (TPSA) is 140 Å². The van der Waals surface area contributed by atoms with Gasteiger partial charge in [0.1, 0.15) is 35.3 Å². The minimum Gasteiger partial charge on any atom is -0.475 e. The molecule has 0 saturated heterocycles. The first-order chi connectivity index (χ1) is 16.2. The number of alkyl halides is 6. The molecule has 2 aliphatic rings. The van der Waals surface area contributed by atoms with Crippen LogP contribution in [0.2, 0.25) is 0 Å². The van der Waals surface area contributed by atoms with Gasteiger partial charge in [-0.15, -0.1) is 0 Å². The summed E-state index contributed by atoms with van der Waals surface area (Å²) in [5, 5.41) is 22.3. The summed E-state index contributed by atoms with van der Waals surface area (Å²) in [6, 6.07) is -1.82. The fourth-order valence-corrected chi connectivity index (χ4v) is 4.14. The van der Waals surface area contributed by atoms with E-state index in [0.29, 0.717) is 33.7 Å². The van der Waals surface area contributed by atoms with Crippen LogP contribution in [0, 0.1) is 0 Å². The Hall–Kier alpha value is -3.36. The fraction of sp³-hybridized carbons (Fsp3) is 0.500. The Morgan fingerprint density at radius 1 is 1.20 bits per heavy atom. The third kappa shape index (κ3) is 4.39. The van der Waals surface area contributed by atoms with Gasteiger partial charge in [0.05, 0.1) is 17.1 Å². The monoisotopic (exact) mass is 507 g/mol. The minimum absolute atomic E-state index is 0.0766. The van der Waals surface area contributed by atoms with E-state index in [9.17, 15) is 31.4 Å². The standard InChI is InChI=1S/C18H18F3N5O2.C2HF3O2/c1-7(18(19,20)21)26-9-4-5-10(27)12-14(25-28-15(12)8-2-3-8)11(9)13-16(22)23-6-24-17(13)26;3-2(4,5)1(6)7/h6-8,10,27H,2-5H2,1H3,(H2,22,23,24);(H,6,7)/t7-,10-;/m1./s1. The van der Waals surface area contributed by atoms with E-state index in [0.717, 1.165) is 30.7 Å². The van der Waals surface area contributed by atoms with Crippen molar-refractivity contribution in [2.75, 3.05) is 5.73 Å². The molecule has 0 radical (unpaired) electrons. The summed E-state index contributed by atoms with van der Waals surface area (Å²) in [5.74, 6) is -1.86. The van der Waals surface area contributed by atoms with E-state index in [2.05, 4.69) is 15.1 Å². The van der Waals surface area contributed by atoms with Crippen molar-refractivity contribution >= 4 is 22.8 Å². The zero-order chi connectivity index (χ0) is 25.9. The number of rotatable bonds is 2. The first-order valence-electron chi connectivity index (χ1n) is 10.4. The van der Waals surface area contributed by atoms with Crippen molar-refractivity contribution in [2.24, 2.45) is 0 Å². The maximum absolute atomic E-state index is 13.6. The molecule has 0 aliphatic heterocycles. The molecule has 0 unspecified atom stereocenters. The first kappa shape index (κ1) is 24.8. The van der Waals surface area contributed by atoms with Gasteiger partial charge in [-0.25, -0.2) is 14.8 Å². The average molecular weight is 507 g/mol. The van der Waals surface area contributed by atoms with Gasteiger partial charge in [-0.05, 0) is 32.6 Å². The summed E-state index contributed by atoms with van der Waals surface area (Å²) < 4.78 is 79.3. The van der Waals surface area contributed by atoms with Crippen molar-refractivity contribution in [3.05, 3.63) is 23.3 Å². The molecule has 15 heteroatoms. The molecule has 9 nitrogen and oxygen atoms in total. The number of fused-ring (bicyclic) bond motifs is 5. The number of aliphatic hydroxyl groups is 1. The summed E-state index contributed by atoms with van der Waals surface area (Å²) in [5.41, 5.74) is 7.90. The van der Waals surface area contributed by atoms with Crippen molar-refractivity contribution in [1.29, 1.82) is 0 Å². The quantitative estimate of drug-likeness (QED) is 0.437. The van der Waals surface area contributed by atoms with E-state index in [1.807, 2.05) is 0 Å². The van der Waals surface area contributed by atoms with Gasteiger partial charge in [0.25, 0.3) is 0 Å². The number of hydrogen-bond acceptors (Lipinski definition) is 7. The molecule has 2 aliphatic carbocycles. The molecule has 1 fully saturated rings. The number of aromatic nitrogens is 4. The molecule has 4 N–H and O–H groups in total. The molecular weight excluding hydrogens is 488 g/mol. The Morgan fingerprint density at radius 3 is 2.37 bits per heavy atom. The molecule has 5 rings (SSSR count). The molecule has 190 valence electrons. The number of halogens is 6. The Morgan fingerprint density at radius 2 is 1.83 bits per heavy atom. The van der Waals surface area contributed by atoms with E-state index in [1.54, 1.807) is 0 Å². The van der Waals surface area contributed by atoms with Crippen LogP contribution in [0.4, 0.5) is 32.2 Å². The predicted octanol–water partition coefficient (Wildman–Crippen LogP) is 4.28. The number of carboxylic acids is 1. The second-order valence-electron chi connectivity index (χ2n) is 8.31. The summed E-state index contributed by atoms with van der Waals surface area (Å²) in [6.07, 6.45) is -6.89. The largest absolute Gasteiger partial charge is 0.490 e. The molecule has 0 spiro atoms. The maximum Gasteiger partial charge on any atom is 0.490 e. The van der Waals surface area contributed by atoms with E-state index in [1.165, 1.54) is 0 Å². The average Bonchev–Trinajstić information content (AvgIpc) is 3.44. The van der Waals surface area contributed by atoms with E-state index >= 15 is 0 Å². The molecule has 0 bridgehead atoms. The molecule has 0 amide bonds.